The molecule has 0 atom stereocenters. The first-order valence-corrected chi connectivity index (χ1v) is 7.87. The van der Waals surface area contributed by atoms with Gasteiger partial charge in [-0.15, -0.1) is 11.3 Å². The van der Waals surface area contributed by atoms with E-state index in [-0.39, 0.29) is 0 Å². The van der Waals surface area contributed by atoms with Gasteiger partial charge in [-0.3, -0.25) is 0 Å². The Balaban J connectivity index is 1.93. The summed E-state index contributed by atoms with van der Waals surface area (Å²) < 4.78 is 3.16. The van der Waals surface area contributed by atoms with Gasteiger partial charge in [-0.1, -0.05) is 12.1 Å². The first-order chi connectivity index (χ1) is 10.7. The minimum absolute atomic E-state index is 0.301. The van der Waals surface area contributed by atoms with Crippen LogP contribution in [0.1, 0.15) is 5.56 Å². The van der Waals surface area contributed by atoms with Crippen LogP contribution in [0.15, 0.2) is 60.9 Å². The number of thiazole rings is 1. The van der Waals surface area contributed by atoms with E-state index in [1.54, 1.807) is 11.3 Å². The van der Waals surface area contributed by atoms with Crippen molar-refractivity contribution in [2.75, 3.05) is 0 Å². The molecule has 0 aliphatic rings. The summed E-state index contributed by atoms with van der Waals surface area (Å²) in [7, 11) is 0. The van der Waals surface area contributed by atoms with Crippen LogP contribution in [0.2, 0.25) is 0 Å². The lowest BCUT2D eigenvalue weighted by Crippen LogP contribution is -1.92. The van der Waals surface area contributed by atoms with E-state index in [1.165, 1.54) is 0 Å². The molecule has 0 radical (unpaired) electrons. The summed E-state index contributed by atoms with van der Waals surface area (Å²) in [6.07, 6.45) is 3.99. The van der Waals surface area contributed by atoms with Gasteiger partial charge in [-0.25, -0.2) is 4.98 Å². The first kappa shape index (κ1) is 13.1. The van der Waals surface area contributed by atoms with Crippen molar-refractivity contribution in [2.45, 2.75) is 6.92 Å². The summed E-state index contributed by atoms with van der Waals surface area (Å²) in [5.41, 5.74) is 3.62. The third-order valence-electron chi connectivity index (χ3n) is 3.71. The zero-order chi connectivity index (χ0) is 15.1. The number of hydrogen-bond donors (Lipinski definition) is 1. The van der Waals surface area contributed by atoms with Crippen LogP contribution in [-0.4, -0.2) is 14.7 Å². The molecule has 0 amide bonds. The van der Waals surface area contributed by atoms with Crippen LogP contribution in [0, 0.1) is 6.92 Å². The molecule has 0 fully saturated rings. The number of aromatic hydroxyl groups is 1. The largest absolute Gasteiger partial charge is 0.507 e. The predicted molar refractivity (Wildman–Crippen MR) is 90.8 cm³/mol. The van der Waals surface area contributed by atoms with Gasteiger partial charge in [0.1, 0.15) is 10.8 Å². The van der Waals surface area contributed by atoms with Crippen LogP contribution in [0.25, 0.3) is 26.5 Å². The van der Waals surface area contributed by atoms with Crippen LogP contribution in [0.4, 0.5) is 0 Å². The van der Waals surface area contributed by atoms with Crippen molar-refractivity contribution in [3.63, 3.8) is 0 Å². The minimum atomic E-state index is 0.301. The number of hydrogen-bond acceptors (Lipinski definition) is 3. The fourth-order valence-electron chi connectivity index (χ4n) is 2.57. The molecule has 0 spiro atoms. The number of aromatic nitrogens is 2. The monoisotopic (exact) mass is 306 g/mol. The van der Waals surface area contributed by atoms with Crippen molar-refractivity contribution >= 4 is 21.6 Å². The fourth-order valence-corrected chi connectivity index (χ4v) is 3.55. The lowest BCUT2D eigenvalue weighted by Gasteiger charge is -2.10. The standard InChI is InChI=1S/C18H14N2OS/c1-12-10-13(20-8-4-5-9-20)11-14(17(12)21)18-19-15-6-2-3-7-16(15)22-18/h2-11,21H,1H3. The van der Waals surface area contributed by atoms with Crippen molar-refractivity contribution in [1.82, 2.24) is 9.55 Å². The Bertz CT molecular complexity index is 922. The number of phenolic OH excluding ortho intramolecular Hbond substituents is 1. The van der Waals surface area contributed by atoms with E-state index in [9.17, 15) is 5.11 Å². The average Bonchev–Trinajstić information content (AvgIpc) is 3.18. The second-order valence-corrected chi connectivity index (χ2v) is 6.27. The molecule has 108 valence electrons. The Morgan fingerprint density at radius 3 is 2.59 bits per heavy atom. The number of nitrogens with zero attached hydrogens (tertiary/aromatic N) is 2. The van der Waals surface area contributed by atoms with Crippen molar-refractivity contribution < 1.29 is 5.11 Å². The van der Waals surface area contributed by atoms with Gasteiger partial charge >= 0.3 is 0 Å². The second kappa shape index (κ2) is 5.00. The number of fused-ring (bicyclic) bond motifs is 1. The maximum absolute atomic E-state index is 10.5. The van der Waals surface area contributed by atoms with E-state index in [0.717, 1.165) is 32.0 Å². The van der Waals surface area contributed by atoms with Crippen molar-refractivity contribution in [3.05, 3.63) is 66.5 Å². The topological polar surface area (TPSA) is 38.0 Å². The smallest absolute Gasteiger partial charge is 0.128 e. The van der Waals surface area contributed by atoms with Gasteiger partial charge in [0, 0.05) is 18.1 Å². The number of para-hydroxylation sites is 1. The lowest BCUT2D eigenvalue weighted by atomic mass is 10.1. The zero-order valence-corrected chi connectivity index (χ0v) is 12.8. The maximum atomic E-state index is 10.5. The molecule has 0 saturated heterocycles. The molecule has 3 nitrogen and oxygen atoms in total. The highest BCUT2D eigenvalue weighted by Crippen LogP contribution is 2.38. The first-order valence-electron chi connectivity index (χ1n) is 7.05. The molecule has 0 aliphatic heterocycles. The molecule has 22 heavy (non-hydrogen) atoms. The third kappa shape index (κ3) is 2.09. The van der Waals surface area contributed by atoms with Crippen molar-refractivity contribution in [3.8, 4) is 22.0 Å². The Labute approximate surface area is 132 Å². The zero-order valence-electron chi connectivity index (χ0n) is 12.0. The van der Waals surface area contributed by atoms with Crippen LogP contribution in [0.5, 0.6) is 5.75 Å². The lowest BCUT2D eigenvalue weighted by molar-refractivity contribution is 0.473. The number of phenols is 1. The summed E-state index contributed by atoms with van der Waals surface area (Å²) >= 11 is 1.60. The van der Waals surface area contributed by atoms with Gasteiger partial charge in [-0.05, 0) is 48.9 Å². The molecular weight excluding hydrogens is 292 g/mol. The molecule has 4 heteroatoms. The molecule has 2 aromatic carbocycles. The summed E-state index contributed by atoms with van der Waals surface area (Å²) in [6, 6.07) is 16.0. The molecule has 2 heterocycles. The van der Waals surface area contributed by atoms with Gasteiger partial charge in [0.25, 0.3) is 0 Å². The van der Waals surface area contributed by atoms with Crippen LogP contribution < -0.4 is 0 Å². The highest BCUT2D eigenvalue weighted by Gasteiger charge is 2.14. The Kier molecular flexibility index (Phi) is 2.98. The molecule has 0 aliphatic carbocycles. The van der Waals surface area contributed by atoms with E-state index in [1.807, 2.05) is 66.3 Å². The van der Waals surface area contributed by atoms with E-state index in [0.29, 0.717) is 5.75 Å². The van der Waals surface area contributed by atoms with Crippen LogP contribution in [-0.2, 0) is 0 Å². The van der Waals surface area contributed by atoms with E-state index >= 15 is 0 Å². The molecule has 4 rings (SSSR count). The van der Waals surface area contributed by atoms with E-state index in [4.69, 9.17) is 0 Å². The highest BCUT2D eigenvalue weighted by molar-refractivity contribution is 7.21. The summed E-state index contributed by atoms with van der Waals surface area (Å²) in [4.78, 5) is 4.66. The van der Waals surface area contributed by atoms with Crippen molar-refractivity contribution in [1.29, 1.82) is 0 Å². The molecule has 0 bridgehead atoms. The van der Waals surface area contributed by atoms with Crippen LogP contribution in [0.3, 0.4) is 0 Å². The summed E-state index contributed by atoms with van der Waals surface area (Å²) in [5, 5.41) is 11.3. The predicted octanol–water partition coefficient (Wildman–Crippen LogP) is 4.77. The SMILES string of the molecule is Cc1cc(-n2cccc2)cc(-c2nc3ccccc3s2)c1O. The van der Waals surface area contributed by atoms with Gasteiger partial charge in [0.15, 0.2) is 0 Å². The Morgan fingerprint density at radius 1 is 1.05 bits per heavy atom. The average molecular weight is 306 g/mol. The summed E-state index contributed by atoms with van der Waals surface area (Å²) in [6.45, 7) is 1.92. The number of aryl methyl sites for hydroxylation is 1. The van der Waals surface area contributed by atoms with E-state index in [2.05, 4.69) is 11.1 Å². The molecular formula is C18H14N2OS. The van der Waals surface area contributed by atoms with Gasteiger partial charge in [0.05, 0.1) is 15.8 Å². The molecule has 0 unspecified atom stereocenters. The highest BCUT2D eigenvalue weighted by atomic mass is 32.1. The Hall–Kier alpha value is -2.59. The minimum Gasteiger partial charge on any atom is -0.507 e. The van der Waals surface area contributed by atoms with Crippen molar-refractivity contribution in [2.24, 2.45) is 0 Å². The molecule has 2 aromatic heterocycles. The number of rotatable bonds is 2. The normalized spacial score (nSPS) is 11.1. The second-order valence-electron chi connectivity index (χ2n) is 5.24. The van der Waals surface area contributed by atoms with Gasteiger partial charge in [-0.2, -0.15) is 0 Å². The Morgan fingerprint density at radius 2 is 1.82 bits per heavy atom. The molecule has 1 N–H and O–H groups in total. The van der Waals surface area contributed by atoms with Gasteiger partial charge in [0.2, 0.25) is 0 Å². The maximum Gasteiger partial charge on any atom is 0.128 e. The van der Waals surface area contributed by atoms with Gasteiger partial charge < -0.3 is 9.67 Å². The third-order valence-corrected chi connectivity index (χ3v) is 4.78. The van der Waals surface area contributed by atoms with Crippen LogP contribution >= 0.6 is 11.3 Å². The molecule has 0 saturated carbocycles. The quantitative estimate of drug-likeness (QED) is 0.579. The van der Waals surface area contributed by atoms with E-state index < -0.39 is 0 Å². The molecule has 4 aromatic rings. The fraction of sp³-hybridized carbons (Fsp3) is 0.0556. The number of benzene rings is 2. The summed E-state index contributed by atoms with van der Waals surface area (Å²) in [5.74, 6) is 0.301.